The van der Waals surface area contributed by atoms with E-state index in [4.69, 9.17) is 14.2 Å². The van der Waals surface area contributed by atoms with Crippen molar-refractivity contribution in [1.29, 1.82) is 0 Å². The Morgan fingerprint density at radius 1 is 1.41 bits per heavy atom. The van der Waals surface area contributed by atoms with Gasteiger partial charge in [-0.1, -0.05) is 42.5 Å². The maximum atomic E-state index is 12.4. The largest absolute Gasteiger partial charge is 0.450 e. The van der Waals surface area contributed by atoms with Gasteiger partial charge in [-0.2, -0.15) is 0 Å². The molecule has 0 bridgehead atoms. The molecule has 2 saturated heterocycles. The fourth-order valence-electron chi connectivity index (χ4n) is 2.85. The average molecular weight is 303 g/mol. The fourth-order valence-corrected chi connectivity index (χ4v) is 2.85. The molecule has 4 atom stereocenters. The Labute approximate surface area is 130 Å². The topological polar surface area (TPSA) is 51.3 Å². The second-order valence-electron chi connectivity index (χ2n) is 5.35. The number of carbonyl (C=O) groups is 1. The summed E-state index contributed by atoms with van der Waals surface area (Å²) >= 11 is 0. The maximum Gasteiger partial charge on any atom is 0.412 e. The number of ether oxygens (including phenoxy) is 3. The van der Waals surface area contributed by atoms with Crippen molar-refractivity contribution in [3.63, 3.8) is 0 Å². The van der Waals surface area contributed by atoms with Gasteiger partial charge in [0.25, 0.3) is 0 Å². The van der Waals surface area contributed by atoms with Crippen LogP contribution in [0.25, 0.3) is 0 Å². The summed E-state index contributed by atoms with van der Waals surface area (Å²) in [7, 11) is 0. The molecular formula is C17H21NO4. The van der Waals surface area contributed by atoms with E-state index >= 15 is 0 Å². The molecule has 3 rings (SSSR count). The van der Waals surface area contributed by atoms with Crippen LogP contribution in [0.1, 0.15) is 25.5 Å². The van der Waals surface area contributed by atoms with Crippen LogP contribution in [0.5, 0.6) is 0 Å². The van der Waals surface area contributed by atoms with Gasteiger partial charge in [-0.25, -0.2) is 4.79 Å². The lowest BCUT2D eigenvalue weighted by molar-refractivity contribution is 0.00525. The molecule has 1 aromatic carbocycles. The molecule has 0 saturated carbocycles. The lowest BCUT2D eigenvalue weighted by Gasteiger charge is -2.26. The predicted octanol–water partition coefficient (Wildman–Crippen LogP) is 2.89. The third-order valence-electron chi connectivity index (χ3n) is 3.92. The van der Waals surface area contributed by atoms with E-state index in [2.05, 4.69) is 0 Å². The zero-order chi connectivity index (χ0) is 15.5. The number of hydrogen-bond acceptors (Lipinski definition) is 4. The van der Waals surface area contributed by atoms with E-state index in [9.17, 15) is 4.79 Å². The van der Waals surface area contributed by atoms with Crippen LogP contribution >= 0.6 is 0 Å². The fraction of sp³-hybridized carbons (Fsp3) is 0.471. The summed E-state index contributed by atoms with van der Waals surface area (Å²) in [5.74, 6) is 0. The van der Waals surface area contributed by atoms with Gasteiger partial charge in [0.05, 0.1) is 19.3 Å². The monoisotopic (exact) mass is 303 g/mol. The van der Waals surface area contributed by atoms with Crippen LogP contribution in [0.2, 0.25) is 0 Å². The van der Waals surface area contributed by atoms with Crippen molar-refractivity contribution >= 4 is 6.09 Å². The van der Waals surface area contributed by atoms with Crippen molar-refractivity contribution < 1.29 is 19.0 Å². The summed E-state index contributed by atoms with van der Waals surface area (Å²) in [6, 6.07) is 9.74. The third-order valence-corrected chi connectivity index (χ3v) is 3.92. The molecule has 118 valence electrons. The Morgan fingerprint density at radius 2 is 2.18 bits per heavy atom. The summed E-state index contributed by atoms with van der Waals surface area (Å²) < 4.78 is 16.7. The van der Waals surface area contributed by atoms with Gasteiger partial charge in [0.15, 0.2) is 6.23 Å². The van der Waals surface area contributed by atoms with Gasteiger partial charge < -0.3 is 14.2 Å². The van der Waals surface area contributed by atoms with Crippen LogP contribution in [-0.2, 0) is 14.2 Å². The second-order valence-corrected chi connectivity index (χ2v) is 5.35. The number of rotatable bonds is 4. The highest BCUT2D eigenvalue weighted by molar-refractivity contribution is 5.69. The van der Waals surface area contributed by atoms with Crippen LogP contribution in [0.15, 0.2) is 42.5 Å². The zero-order valence-electron chi connectivity index (χ0n) is 12.8. The lowest BCUT2D eigenvalue weighted by atomic mass is 10.1. The van der Waals surface area contributed by atoms with E-state index in [1.165, 1.54) is 0 Å². The van der Waals surface area contributed by atoms with Gasteiger partial charge in [-0.15, -0.1) is 0 Å². The normalized spacial score (nSPS) is 30.7. The maximum absolute atomic E-state index is 12.4. The number of benzene rings is 1. The summed E-state index contributed by atoms with van der Waals surface area (Å²) in [4.78, 5) is 14.1. The molecule has 5 heteroatoms. The molecule has 2 aliphatic rings. The van der Waals surface area contributed by atoms with Crippen molar-refractivity contribution in [2.24, 2.45) is 0 Å². The Balaban J connectivity index is 1.81. The highest BCUT2D eigenvalue weighted by atomic mass is 16.6. The van der Waals surface area contributed by atoms with E-state index in [1.54, 1.807) is 11.8 Å². The van der Waals surface area contributed by atoms with Gasteiger partial charge >= 0.3 is 6.09 Å². The molecule has 22 heavy (non-hydrogen) atoms. The van der Waals surface area contributed by atoms with Crippen LogP contribution in [0.4, 0.5) is 4.79 Å². The molecule has 0 aliphatic carbocycles. The first-order valence-electron chi connectivity index (χ1n) is 7.66. The van der Waals surface area contributed by atoms with Gasteiger partial charge in [0, 0.05) is 0 Å². The molecule has 5 nitrogen and oxygen atoms in total. The Bertz CT molecular complexity index is 545. The summed E-state index contributed by atoms with van der Waals surface area (Å²) in [6.07, 6.45) is 3.07. The molecule has 0 aromatic heterocycles. The first-order chi connectivity index (χ1) is 10.8. The van der Waals surface area contributed by atoms with E-state index in [0.717, 1.165) is 5.56 Å². The second kappa shape index (κ2) is 6.50. The number of carbonyl (C=O) groups excluding carboxylic acids is 1. The quantitative estimate of drug-likeness (QED) is 0.634. The van der Waals surface area contributed by atoms with Gasteiger partial charge in [-0.3, -0.25) is 4.90 Å². The number of hydrogen-bond donors (Lipinski definition) is 0. The summed E-state index contributed by atoms with van der Waals surface area (Å²) in [5.41, 5.74) is 1.04. The highest BCUT2D eigenvalue weighted by Crippen LogP contribution is 2.39. The molecule has 1 amide bonds. The zero-order valence-corrected chi connectivity index (χ0v) is 12.8. The highest BCUT2D eigenvalue weighted by Gasteiger charge is 2.53. The molecular weight excluding hydrogens is 282 g/mol. The van der Waals surface area contributed by atoms with Crippen molar-refractivity contribution in [2.45, 2.75) is 38.3 Å². The molecule has 1 aromatic rings. The van der Waals surface area contributed by atoms with Crippen LogP contribution < -0.4 is 0 Å². The molecule has 0 spiro atoms. The van der Waals surface area contributed by atoms with Gasteiger partial charge in [0.1, 0.15) is 12.2 Å². The molecule has 0 radical (unpaired) electrons. The Kier molecular flexibility index (Phi) is 4.45. The SMILES string of the molecule is C/C=C/[C@H]1O[C@H]1C1OC[C@@H](c2ccccc2)N1C(=O)OCC. The van der Waals surface area contributed by atoms with E-state index in [0.29, 0.717) is 13.2 Å². The van der Waals surface area contributed by atoms with Crippen LogP contribution in [0, 0.1) is 0 Å². The minimum Gasteiger partial charge on any atom is -0.450 e. The van der Waals surface area contributed by atoms with Gasteiger partial charge in [0.2, 0.25) is 0 Å². The van der Waals surface area contributed by atoms with Crippen molar-refractivity contribution in [3.8, 4) is 0 Å². The molecule has 2 aliphatic heterocycles. The first-order valence-corrected chi connectivity index (χ1v) is 7.66. The third kappa shape index (κ3) is 2.87. The Hall–Kier alpha value is -1.85. The van der Waals surface area contributed by atoms with Crippen molar-refractivity contribution in [2.75, 3.05) is 13.2 Å². The van der Waals surface area contributed by atoms with E-state index in [-0.39, 0.29) is 24.3 Å². The molecule has 1 unspecified atom stereocenters. The lowest BCUT2D eigenvalue weighted by Crippen LogP contribution is -2.41. The molecule has 2 fully saturated rings. The molecule has 2 heterocycles. The van der Waals surface area contributed by atoms with Crippen LogP contribution in [-0.4, -0.2) is 42.6 Å². The minimum atomic E-state index is -0.398. The predicted molar refractivity (Wildman–Crippen MR) is 81.3 cm³/mol. The molecule has 0 N–H and O–H groups in total. The number of epoxide rings is 1. The smallest absolute Gasteiger partial charge is 0.412 e. The van der Waals surface area contributed by atoms with E-state index < -0.39 is 6.23 Å². The standard InChI is InChI=1S/C17H21NO4/c1-3-8-14-15(22-14)16-18(17(19)20-4-2)13(11-21-16)12-9-6-5-7-10-12/h3,5-10,13-16H,4,11H2,1-2H3/b8-3+/t13-,14+,15+,16?/m0/s1. The van der Waals surface area contributed by atoms with E-state index in [1.807, 2.05) is 49.4 Å². The van der Waals surface area contributed by atoms with Gasteiger partial charge in [-0.05, 0) is 19.4 Å². The summed E-state index contributed by atoms with van der Waals surface area (Å²) in [5, 5.41) is 0. The number of allylic oxidation sites excluding steroid dienone is 1. The average Bonchev–Trinajstić information content (AvgIpc) is 3.15. The number of amides is 1. The summed E-state index contributed by atoms with van der Waals surface area (Å²) in [6.45, 7) is 4.55. The van der Waals surface area contributed by atoms with Crippen LogP contribution in [0.3, 0.4) is 0 Å². The number of nitrogens with zero attached hydrogens (tertiary/aromatic N) is 1. The van der Waals surface area contributed by atoms with Crippen molar-refractivity contribution in [1.82, 2.24) is 4.90 Å². The minimum absolute atomic E-state index is 0.0152. The first kappa shape index (κ1) is 15.1. The van der Waals surface area contributed by atoms with Crippen molar-refractivity contribution in [3.05, 3.63) is 48.0 Å². The Morgan fingerprint density at radius 3 is 2.86 bits per heavy atom.